The number of carbonyl (C=O) groups is 6. The molecular weight excluding hydrogens is 744 g/mol. The topological polar surface area (TPSA) is 274 Å². The number of nitrogens with one attached hydrogen (secondary N) is 6. The van der Waals surface area contributed by atoms with E-state index in [-0.39, 0.29) is 67.8 Å². The first-order valence-corrected chi connectivity index (χ1v) is 18.7. The Hall–Kier alpha value is -5.78. The fourth-order valence-corrected chi connectivity index (χ4v) is 5.84. The Bertz CT molecular complexity index is 1760. The van der Waals surface area contributed by atoms with Gasteiger partial charge in [-0.25, -0.2) is 14.4 Å². The number of benzene rings is 2. The van der Waals surface area contributed by atoms with Crippen molar-refractivity contribution in [3.8, 4) is 22.6 Å². The van der Waals surface area contributed by atoms with E-state index < -0.39 is 78.0 Å². The van der Waals surface area contributed by atoms with Crippen LogP contribution in [-0.4, -0.2) is 111 Å². The van der Waals surface area contributed by atoms with Crippen LogP contribution in [0, 0.1) is 0 Å². The maximum Gasteiger partial charge on any atom is 0.408 e. The number of carbonyl (C=O) groups excluding carboxylic acids is 5. The molecule has 0 aliphatic carbocycles. The first-order chi connectivity index (χ1) is 26.6. The standard InChI is InChI=1S/C39H56N6O12/c1-38(2,3)56-36(54)41-16-7-9-26(21-46)42-33(50)28-19-24-17-22(11-13-30(24)47)23-12-14-31(48)25(18-23)20-29(45-37(55)57-39(4,5)6)34(51)43-27(32(49)44-28)10-8-15-40-35(52)53/h11-14,17-18,26-29,40,46-48H,7-10,15-16,19-21H2,1-6H3,(H,41,54)(H,42,50)(H,43,51)(H,44,49)(H,45,55)(H,52,53)/t26-,27+,28+,29+/m1/s1. The molecule has 18 nitrogen and oxygen atoms in total. The largest absolute Gasteiger partial charge is 0.508 e. The number of hydrogen-bond acceptors (Lipinski definition) is 11. The Kier molecular flexibility index (Phi) is 16.3. The number of aromatic hydroxyl groups is 2. The molecule has 18 heteroatoms. The normalized spacial score (nSPS) is 18.0. The molecule has 0 saturated carbocycles. The van der Waals surface area contributed by atoms with E-state index in [9.17, 15) is 44.1 Å². The average molecular weight is 801 g/mol. The van der Waals surface area contributed by atoms with E-state index in [1.54, 1.807) is 65.8 Å². The van der Waals surface area contributed by atoms with E-state index in [1.165, 1.54) is 12.1 Å². The predicted molar refractivity (Wildman–Crippen MR) is 207 cm³/mol. The van der Waals surface area contributed by atoms with Crippen LogP contribution in [0.15, 0.2) is 36.4 Å². The zero-order chi connectivity index (χ0) is 42.5. The lowest BCUT2D eigenvalue weighted by Gasteiger charge is -2.27. The predicted octanol–water partition coefficient (Wildman–Crippen LogP) is 2.56. The third kappa shape index (κ3) is 15.7. The van der Waals surface area contributed by atoms with Crippen molar-refractivity contribution in [3.63, 3.8) is 0 Å². The number of aliphatic hydroxyl groups is 1. The molecule has 0 fully saturated rings. The second-order valence-electron chi connectivity index (χ2n) is 15.7. The molecule has 0 unspecified atom stereocenters. The minimum atomic E-state index is -1.39. The highest BCUT2D eigenvalue weighted by Gasteiger charge is 2.33. The van der Waals surface area contributed by atoms with Gasteiger partial charge in [-0.05, 0) is 114 Å². The number of aliphatic hydroxyl groups excluding tert-OH is 1. The Morgan fingerprint density at radius 3 is 1.91 bits per heavy atom. The van der Waals surface area contributed by atoms with E-state index in [0.29, 0.717) is 17.5 Å². The lowest BCUT2D eigenvalue weighted by atomic mass is 9.95. The molecule has 1 aliphatic rings. The van der Waals surface area contributed by atoms with Gasteiger partial charge in [0.05, 0.1) is 12.6 Å². The van der Waals surface area contributed by atoms with Crippen molar-refractivity contribution in [2.45, 2.75) is 115 Å². The van der Waals surface area contributed by atoms with Gasteiger partial charge in [0, 0.05) is 25.9 Å². The number of hydrogen-bond donors (Lipinski definition) is 10. The molecule has 10 N–H and O–H groups in total. The minimum Gasteiger partial charge on any atom is -0.508 e. The Balaban J connectivity index is 2.01. The number of phenolic OH excluding ortho intramolecular Hbond substituents is 2. The van der Waals surface area contributed by atoms with E-state index in [4.69, 9.17) is 14.6 Å². The van der Waals surface area contributed by atoms with Crippen molar-refractivity contribution < 1.29 is 58.7 Å². The molecule has 1 aliphatic heterocycles. The number of rotatable bonds is 12. The lowest BCUT2D eigenvalue weighted by molar-refractivity contribution is -0.133. The van der Waals surface area contributed by atoms with Crippen LogP contribution < -0.4 is 31.9 Å². The fourth-order valence-electron chi connectivity index (χ4n) is 5.84. The van der Waals surface area contributed by atoms with Gasteiger partial charge in [0.1, 0.15) is 40.8 Å². The van der Waals surface area contributed by atoms with Gasteiger partial charge in [-0.3, -0.25) is 14.4 Å². The summed E-state index contributed by atoms with van der Waals surface area (Å²) in [5.74, 6) is -2.79. The van der Waals surface area contributed by atoms with E-state index in [0.717, 1.165) is 0 Å². The number of amides is 6. The van der Waals surface area contributed by atoms with E-state index in [1.807, 2.05) is 0 Å². The second-order valence-corrected chi connectivity index (χ2v) is 15.7. The summed E-state index contributed by atoms with van der Waals surface area (Å²) in [7, 11) is 0. The van der Waals surface area contributed by atoms with Gasteiger partial charge in [-0.1, -0.05) is 12.1 Å². The summed E-state index contributed by atoms with van der Waals surface area (Å²) in [6, 6.07) is 4.32. The molecule has 4 atom stereocenters. The highest BCUT2D eigenvalue weighted by molar-refractivity contribution is 5.94. The maximum absolute atomic E-state index is 14.0. The number of phenols is 2. The van der Waals surface area contributed by atoms with Gasteiger partial charge in [0.2, 0.25) is 17.7 Å². The van der Waals surface area contributed by atoms with Crippen molar-refractivity contribution >= 4 is 36.0 Å². The summed E-state index contributed by atoms with van der Waals surface area (Å²) in [6.07, 6.45) is -2.83. The Labute approximate surface area is 331 Å². The van der Waals surface area contributed by atoms with Crippen LogP contribution in [0.4, 0.5) is 14.4 Å². The Morgan fingerprint density at radius 1 is 0.789 bits per heavy atom. The molecule has 6 amide bonds. The molecule has 0 saturated heterocycles. The fraction of sp³-hybridized carbons (Fsp3) is 0.538. The molecule has 1 heterocycles. The number of carboxylic acid groups (broad SMARTS) is 1. The van der Waals surface area contributed by atoms with Gasteiger partial charge in [0.25, 0.3) is 0 Å². The molecule has 57 heavy (non-hydrogen) atoms. The van der Waals surface area contributed by atoms with Gasteiger partial charge >= 0.3 is 18.3 Å². The summed E-state index contributed by atoms with van der Waals surface area (Å²) in [4.78, 5) is 78.0. The molecule has 0 aromatic heterocycles. The van der Waals surface area contributed by atoms with Gasteiger partial charge in [-0.15, -0.1) is 0 Å². The van der Waals surface area contributed by atoms with Crippen LogP contribution in [0.2, 0.25) is 0 Å². The molecule has 314 valence electrons. The zero-order valence-electron chi connectivity index (χ0n) is 33.2. The van der Waals surface area contributed by atoms with Crippen molar-refractivity contribution in [1.82, 2.24) is 31.9 Å². The van der Waals surface area contributed by atoms with Crippen LogP contribution in [0.1, 0.15) is 78.4 Å². The molecule has 0 spiro atoms. The highest BCUT2D eigenvalue weighted by Crippen LogP contribution is 2.31. The van der Waals surface area contributed by atoms with Crippen LogP contribution >= 0.6 is 0 Å². The summed E-state index contributed by atoms with van der Waals surface area (Å²) >= 11 is 0. The molecular formula is C39H56N6O12. The number of fused-ring (bicyclic) bond motifs is 5. The molecule has 4 bridgehead atoms. The first kappa shape index (κ1) is 45.6. The van der Waals surface area contributed by atoms with Crippen LogP contribution in [0.5, 0.6) is 11.5 Å². The smallest absolute Gasteiger partial charge is 0.408 e. The summed E-state index contributed by atoms with van der Waals surface area (Å²) < 4.78 is 10.6. The van der Waals surface area contributed by atoms with Crippen molar-refractivity contribution in [1.29, 1.82) is 0 Å². The minimum absolute atomic E-state index is 0.0707. The lowest BCUT2D eigenvalue weighted by Crippen LogP contribution is -2.58. The summed E-state index contributed by atoms with van der Waals surface area (Å²) in [5.41, 5.74) is 0.00598. The highest BCUT2D eigenvalue weighted by atomic mass is 16.6. The molecule has 2 aromatic carbocycles. The van der Waals surface area contributed by atoms with Gasteiger partial charge in [0.15, 0.2) is 0 Å². The van der Waals surface area contributed by atoms with Crippen molar-refractivity contribution in [2.24, 2.45) is 0 Å². The van der Waals surface area contributed by atoms with E-state index in [2.05, 4.69) is 31.9 Å². The Morgan fingerprint density at radius 2 is 1.35 bits per heavy atom. The summed E-state index contributed by atoms with van der Waals surface area (Å²) in [5, 5.41) is 56.3. The van der Waals surface area contributed by atoms with Crippen LogP contribution in [0.25, 0.3) is 11.1 Å². The summed E-state index contributed by atoms with van der Waals surface area (Å²) in [6.45, 7) is 9.69. The van der Waals surface area contributed by atoms with E-state index >= 15 is 0 Å². The van der Waals surface area contributed by atoms with Gasteiger partial charge in [-0.2, -0.15) is 0 Å². The third-order valence-electron chi connectivity index (χ3n) is 8.52. The molecule has 0 radical (unpaired) electrons. The van der Waals surface area contributed by atoms with Gasteiger partial charge < -0.3 is 61.8 Å². The second kappa shape index (κ2) is 20.4. The third-order valence-corrected chi connectivity index (χ3v) is 8.52. The van der Waals surface area contributed by atoms with Crippen molar-refractivity contribution in [3.05, 3.63) is 47.5 Å². The number of ether oxygens (including phenoxy) is 2. The SMILES string of the molecule is CC(C)(C)OC(=O)NCCC[C@H](CO)NC(=O)[C@@H]1Cc2cc(ccc2O)-c2ccc(O)c(c2)C[C@H](NC(=O)OC(C)(C)C)C(=O)N[C@@H](CCCNC(=O)O)C(=O)N1. The van der Waals surface area contributed by atoms with Crippen molar-refractivity contribution in [2.75, 3.05) is 19.7 Å². The zero-order valence-corrected chi connectivity index (χ0v) is 33.2. The molecule has 2 aromatic rings. The van der Waals surface area contributed by atoms with Crippen LogP contribution in [-0.2, 0) is 36.7 Å². The first-order valence-electron chi connectivity index (χ1n) is 18.7. The average Bonchev–Trinajstić information content (AvgIpc) is 3.09. The maximum atomic E-state index is 14.0. The van der Waals surface area contributed by atoms with Crippen LogP contribution in [0.3, 0.4) is 0 Å². The monoisotopic (exact) mass is 800 g/mol. The molecule has 3 rings (SSSR count). The number of alkyl carbamates (subject to hydrolysis) is 2. The quantitative estimate of drug-likeness (QED) is 0.139.